The first-order chi connectivity index (χ1) is 10.7. The van der Waals surface area contributed by atoms with Gasteiger partial charge in [-0.3, -0.25) is 4.79 Å². The zero-order valence-electron chi connectivity index (χ0n) is 12.0. The van der Waals surface area contributed by atoms with Crippen molar-refractivity contribution in [3.8, 4) is 0 Å². The molecule has 1 saturated carbocycles. The van der Waals surface area contributed by atoms with Crippen LogP contribution in [0.4, 0.5) is 8.78 Å². The van der Waals surface area contributed by atoms with Crippen molar-refractivity contribution in [2.75, 3.05) is 6.26 Å². The van der Waals surface area contributed by atoms with Crippen LogP contribution in [0.2, 0.25) is 0 Å². The summed E-state index contributed by atoms with van der Waals surface area (Å²) in [6, 6.07) is 1.21. The van der Waals surface area contributed by atoms with Crippen LogP contribution < -0.4 is 5.56 Å². The maximum Gasteiger partial charge on any atom is 0.285 e. The summed E-state index contributed by atoms with van der Waals surface area (Å²) in [6.45, 7) is -0.168. The summed E-state index contributed by atoms with van der Waals surface area (Å²) in [7, 11) is -3.93. The van der Waals surface area contributed by atoms with Gasteiger partial charge in [-0.15, -0.1) is 5.10 Å². The second-order valence-corrected chi connectivity index (χ2v) is 7.32. The van der Waals surface area contributed by atoms with Crippen molar-refractivity contribution in [1.29, 1.82) is 0 Å². The van der Waals surface area contributed by atoms with Crippen molar-refractivity contribution < 1.29 is 17.2 Å². The maximum atomic E-state index is 12.9. The van der Waals surface area contributed by atoms with Crippen LogP contribution in [0.15, 0.2) is 15.9 Å². The van der Waals surface area contributed by atoms with Crippen LogP contribution in [0.3, 0.4) is 0 Å². The fraction of sp³-hybridized carbons (Fsp3) is 0.500. The summed E-state index contributed by atoms with van der Waals surface area (Å²) >= 11 is 0. The quantitative estimate of drug-likeness (QED) is 0.851. The summed E-state index contributed by atoms with van der Waals surface area (Å²) in [4.78, 5) is 19.3. The lowest BCUT2D eigenvalue weighted by Crippen LogP contribution is -2.15. The predicted molar refractivity (Wildman–Crippen MR) is 74.0 cm³/mol. The Labute approximate surface area is 129 Å². The molecule has 0 atom stereocenters. The molecule has 3 rings (SSSR count). The zero-order valence-corrected chi connectivity index (χ0v) is 12.8. The van der Waals surface area contributed by atoms with E-state index in [1.165, 1.54) is 6.07 Å². The standard InChI is InChI=1S/C12H13F2N5O3S/c1-23(21,22)12-9(10(13)14)17-19(18-12)5-7-4-8(20)16-11(15-7)6-2-3-6/h4,6,10H,2-3,5H2,1H3,(H,15,16,20). The molecule has 0 aliphatic heterocycles. The van der Waals surface area contributed by atoms with Gasteiger partial charge in [0.2, 0.25) is 5.03 Å². The van der Waals surface area contributed by atoms with Gasteiger partial charge in [-0.05, 0) is 12.8 Å². The number of hydrogen-bond donors (Lipinski definition) is 1. The van der Waals surface area contributed by atoms with E-state index in [-0.39, 0.29) is 23.7 Å². The van der Waals surface area contributed by atoms with Gasteiger partial charge in [-0.25, -0.2) is 22.2 Å². The monoisotopic (exact) mass is 345 g/mol. The van der Waals surface area contributed by atoms with Crippen LogP contribution >= 0.6 is 0 Å². The van der Waals surface area contributed by atoms with Gasteiger partial charge in [0, 0.05) is 18.2 Å². The first-order valence-electron chi connectivity index (χ1n) is 6.77. The number of H-pyrrole nitrogens is 1. The Morgan fingerprint density at radius 2 is 2.09 bits per heavy atom. The van der Waals surface area contributed by atoms with Gasteiger partial charge in [0.25, 0.3) is 12.0 Å². The van der Waals surface area contributed by atoms with E-state index in [0.717, 1.165) is 23.9 Å². The Kier molecular flexibility index (Phi) is 3.74. The number of alkyl halides is 2. The molecule has 0 radical (unpaired) electrons. The summed E-state index contributed by atoms with van der Waals surface area (Å²) in [6.07, 6.45) is -0.424. The second kappa shape index (κ2) is 5.48. The van der Waals surface area contributed by atoms with Crippen molar-refractivity contribution in [2.45, 2.75) is 36.8 Å². The van der Waals surface area contributed by atoms with Crippen LogP contribution in [0, 0.1) is 0 Å². The third kappa shape index (κ3) is 3.44. The summed E-state index contributed by atoms with van der Waals surface area (Å²) in [5.74, 6) is 0.744. The molecule has 11 heteroatoms. The van der Waals surface area contributed by atoms with Crippen molar-refractivity contribution >= 4 is 9.84 Å². The molecule has 1 N–H and O–H groups in total. The first kappa shape index (κ1) is 15.7. The number of nitrogens with zero attached hydrogens (tertiary/aromatic N) is 4. The Morgan fingerprint density at radius 1 is 1.39 bits per heavy atom. The van der Waals surface area contributed by atoms with Gasteiger partial charge < -0.3 is 4.98 Å². The maximum absolute atomic E-state index is 12.9. The molecule has 2 aromatic rings. The number of rotatable bonds is 5. The number of aromatic amines is 1. The third-order valence-electron chi connectivity index (χ3n) is 3.29. The molecule has 0 aromatic carbocycles. The van der Waals surface area contributed by atoms with Crippen molar-refractivity contribution in [3.63, 3.8) is 0 Å². The minimum Gasteiger partial charge on any atom is -0.310 e. The van der Waals surface area contributed by atoms with Crippen LogP contribution in [0.1, 0.15) is 42.4 Å². The van der Waals surface area contributed by atoms with Gasteiger partial charge >= 0.3 is 0 Å². The molecular weight excluding hydrogens is 332 g/mol. The zero-order chi connectivity index (χ0) is 16.8. The minimum absolute atomic E-state index is 0.168. The van der Waals surface area contributed by atoms with E-state index < -0.39 is 27.0 Å². The SMILES string of the molecule is CS(=O)(=O)c1nn(Cc2cc(=O)[nH]c(C3CC3)n2)nc1C(F)F. The molecule has 1 aliphatic carbocycles. The molecule has 23 heavy (non-hydrogen) atoms. The van der Waals surface area contributed by atoms with E-state index in [4.69, 9.17) is 0 Å². The highest BCUT2D eigenvalue weighted by molar-refractivity contribution is 7.90. The normalized spacial score (nSPS) is 15.3. The van der Waals surface area contributed by atoms with E-state index in [2.05, 4.69) is 20.2 Å². The Morgan fingerprint density at radius 3 is 2.61 bits per heavy atom. The van der Waals surface area contributed by atoms with Crippen LogP contribution in [0.25, 0.3) is 0 Å². The number of halogens is 2. The smallest absolute Gasteiger partial charge is 0.285 e. The molecule has 2 heterocycles. The fourth-order valence-corrected chi connectivity index (χ4v) is 2.87. The first-order valence-corrected chi connectivity index (χ1v) is 8.66. The van der Waals surface area contributed by atoms with Crippen molar-refractivity contribution in [1.82, 2.24) is 25.0 Å². The lowest BCUT2D eigenvalue weighted by molar-refractivity contribution is 0.141. The molecule has 2 aromatic heterocycles. The van der Waals surface area contributed by atoms with Crippen LogP contribution in [0.5, 0.6) is 0 Å². The topological polar surface area (TPSA) is 111 Å². The van der Waals surface area contributed by atoms with Gasteiger partial charge in [-0.1, -0.05) is 0 Å². The third-order valence-corrected chi connectivity index (χ3v) is 4.28. The lowest BCUT2D eigenvalue weighted by Gasteiger charge is -2.02. The molecule has 1 aliphatic rings. The van der Waals surface area contributed by atoms with E-state index in [1.54, 1.807) is 0 Å². The Hall–Kier alpha value is -2.17. The Balaban J connectivity index is 1.96. The van der Waals surface area contributed by atoms with Crippen LogP contribution in [-0.2, 0) is 16.4 Å². The average molecular weight is 345 g/mol. The molecule has 0 unspecified atom stereocenters. The molecule has 0 amide bonds. The largest absolute Gasteiger partial charge is 0.310 e. The van der Waals surface area contributed by atoms with Crippen LogP contribution in [-0.4, -0.2) is 39.6 Å². The summed E-state index contributed by atoms with van der Waals surface area (Å²) in [5.41, 5.74) is -0.979. The van der Waals surface area contributed by atoms with Crippen molar-refractivity contribution in [3.05, 3.63) is 33.6 Å². The number of aromatic nitrogens is 5. The molecule has 0 bridgehead atoms. The second-order valence-electron chi connectivity index (χ2n) is 5.39. The molecular formula is C12H13F2N5O3S. The van der Waals surface area contributed by atoms with E-state index >= 15 is 0 Å². The van der Waals surface area contributed by atoms with Gasteiger partial charge in [0.1, 0.15) is 12.4 Å². The number of hydrogen-bond acceptors (Lipinski definition) is 6. The average Bonchev–Trinajstić information content (AvgIpc) is 3.17. The van der Waals surface area contributed by atoms with E-state index in [1.807, 2.05) is 0 Å². The highest BCUT2D eigenvalue weighted by Crippen LogP contribution is 2.37. The lowest BCUT2D eigenvalue weighted by atomic mass is 10.3. The number of nitrogens with one attached hydrogen (secondary N) is 1. The molecule has 0 saturated heterocycles. The summed E-state index contributed by atoms with van der Waals surface area (Å²) in [5, 5.41) is 6.35. The van der Waals surface area contributed by atoms with Gasteiger partial charge in [0.05, 0.1) is 5.69 Å². The van der Waals surface area contributed by atoms with Crippen molar-refractivity contribution in [2.24, 2.45) is 0 Å². The Bertz CT molecular complexity index is 902. The van der Waals surface area contributed by atoms with E-state index in [0.29, 0.717) is 5.82 Å². The molecule has 0 spiro atoms. The molecule has 8 nitrogen and oxygen atoms in total. The highest BCUT2D eigenvalue weighted by atomic mass is 32.2. The van der Waals surface area contributed by atoms with Gasteiger partial charge in [-0.2, -0.15) is 9.90 Å². The van der Waals surface area contributed by atoms with E-state index in [9.17, 15) is 22.0 Å². The molecule has 1 fully saturated rings. The highest BCUT2D eigenvalue weighted by Gasteiger charge is 2.28. The van der Waals surface area contributed by atoms with Gasteiger partial charge in [0.15, 0.2) is 15.5 Å². The fourth-order valence-electron chi connectivity index (χ4n) is 2.12. The number of sulfone groups is 1. The predicted octanol–water partition coefficient (Wildman–Crippen LogP) is 0.628. The minimum atomic E-state index is -3.93. The summed E-state index contributed by atoms with van der Waals surface area (Å²) < 4.78 is 48.8. The molecule has 124 valence electrons.